The molecule has 1 N–H and O–H groups in total. The van der Waals surface area contributed by atoms with Crippen molar-refractivity contribution in [3.8, 4) is 0 Å². The van der Waals surface area contributed by atoms with Crippen LogP contribution in [0, 0.1) is 11.6 Å². The summed E-state index contributed by atoms with van der Waals surface area (Å²) in [4.78, 5) is 11.4. The summed E-state index contributed by atoms with van der Waals surface area (Å²) in [6.45, 7) is 1.55. The van der Waals surface area contributed by atoms with Gasteiger partial charge in [0.1, 0.15) is 11.9 Å². The maximum Gasteiger partial charge on any atom is 0.197 e. The van der Waals surface area contributed by atoms with Gasteiger partial charge in [-0.25, -0.2) is 8.78 Å². The van der Waals surface area contributed by atoms with E-state index in [4.69, 9.17) is 0 Å². The summed E-state index contributed by atoms with van der Waals surface area (Å²) in [7, 11) is 0. The third-order valence-electron chi connectivity index (χ3n) is 1.98. The molecule has 0 amide bonds. The third-order valence-corrected chi connectivity index (χ3v) is 2.59. The largest absolute Gasteiger partial charge is 0.385 e. The van der Waals surface area contributed by atoms with E-state index in [9.17, 15) is 18.7 Å². The van der Waals surface area contributed by atoms with E-state index >= 15 is 0 Å². The number of hydrogen-bond donors (Lipinski definition) is 1. The van der Waals surface area contributed by atoms with Crippen molar-refractivity contribution < 1.29 is 18.7 Å². The molecule has 0 saturated heterocycles. The Morgan fingerprint density at radius 1 is 1.53 bits per heavy atom. The lowest BCUT2D eigenvalue weighted by atomic mass is 10.0. The van der Waals surface area contributed by atoms with Gasteiger partial charge in [0.15, 0.2) is 11.6 Å². The van der Waals surface area contributed by atoms with Crippen molar-refractivity contribution in [2.75, 3.05) is 0 Å². The van der Waals surface area contributed by atoms with Gasteiger partial charge in [-0.05, 0) is 34.5 Å². The summed E-state index contributed by atoms with van der Waals surface area (Å²) < 4.78 is 26.6. The fraction of sp³-hybridized carbons (Fsp3) is 0.300. The van der Waals surface area contributed by atoms with E-state index in [1.165, 1.54) is 6.07 Å². The molecule has 0 bridgehead atoms. The molecular formula is C10H9BrF2O2. The first-order valence-electron chi connectivity index (χ1n) is 4.34. The average molecular weight is 279 g/mol. The maximum atomic E-state index is 13.4. The molecule has 1 atom stereocenters. The first-order chi connectivity index (χ1) is 6.99. The quantitative estimate of drug-likeness (QED) is 0.682. The van der Waals surface area contributed by atoms with Gasteiger partial charge in [0, 0.05) is 0 Å². The number of benzene rings is 1. The highest BCUT2D eigenvalue weighted by Gasteiger charge is 2.24. The Morgan fingerprint density at radius 3 is 2.67 bits per heavy atom. The van der Waals surface area contributed by atoms with Gasteiger partial charge in [-0.2, -0.15) is 0 Å². The molecule has 5 heteroatoms. The molecule has 0 aromatic heterocycles. The number of rotatable bonds is 3. The van der Waals surface area contributed by atoms with Crippen molar-refractivity contribution in [3.05, 3.63) is 33.8 Å². The summed E-state index contributed by atoms with van der Waals surface area (Å²) in [6.07, 6.45) is -1.26. The van der Waals surface area contributed by atoms with E-state index in [2.05, 4.69) is 15.9 Å². The number of aliphatic hydroxyl groups excluding tert-OH is 1. The molecule has 1 rings (SSSR count). The predicted octanol–water partition coefficient (Wildman–Crippen LogP) is 2.68. The lowest BCUT2D eigenvalue weighted by molar-refractivity contribution is 0.0731. The van der Waals surface area contributed by atoms with E-state index in [-0.39, 0.29) is 10.9 Å². The number of hydrogen-bond acceptors (Lipinski definition) is 2. The van der Waals surface area contributed by atoms with Gasteiger partial charge in [0.2, 0.25) is 0 Å². The fourth-order valence-corrected chi connectivity index (χ4v) is 1.44. The summed E-state index contributed by atoms with van der Waals surface area (Å²) in [6, 6.07) is 2.14. The van der Waals surface area contributed by atoms with Crippen LogP contribution in [0.1, 0.15) is 23.7 Å². The Hall–Kier alpha value is -0.810. The van der Waals surface area contributed by atoms with Crippen LogP contribution in [0.5, 0.6) is 0 Å². The Kier molecular flexibility index (Phi) is 3.93. The molecule has 0 aliphatic heterocycles. The zero-order chi connectivity index (χ0) is 11.6. The highest BCUT2D eigenvalue weighted by molar-refractivity contribution is 9.10. The van der Waals surface area contributed by atoms with Gasteiger partial charge in [-0.15, -0.1) is 0 Å². The molecule has 0 aliphatic rings. The van der Waals surface area contributed by atoms with Crippen molar-refractivity contribution in [2.24, 2.45) is 0 Å². The molecule has 15 heavy (non-hydrogen) atoms. The molecule has 2 nitrogen and oxygen atoms in total. The highest BCUT2D eigenvalue weighted by Crippen LogP contribution is 2.23. The molecule has 1 aromatic rings. The predicted molar refractivity (Wildman–Crippen MR) is 54.7 cm³/mol. The SMILES string of the molecule is CCC(O)C(=O)c1c(F)ccc(Br)c1F. The number of aliphatic hydroxyl groups is 1. The molecule has 1 aromatic carbocycles. The molecule has 82 valence electrons. The minimum atomic E-state index is -1.37. The van der Waals surface area contributed by atoms with Crippen molar-refractivity contribution in [1.82, 2.24) is 0 Å². The Morgan fingerprint density at radius 2 is 2.13 bits per heavy atom. The molecule has 0 heterocycles. The van der Waals surface area contributed by atoms with Crippen LogP contribution in [0.4, 0.5) is 8.78 Å². The molecule has 0 spiro atoms. The normalized spacial score (nSPS) is 12.6. The van der Waals surface area contributed by atoms with Gasteiger partial charge in [0.05, 0.1) is 10.0 Å². The highest BCUT2D eigenvalue weighted by atomic mass is 79.9. The van der Waals surface area contributed by atoms with Crippen LogP contribution in [0.25, 0.3) is 0 Å². The fourth-order valence-electron chi connectivity index (χ4n) is 1.10. The Balaban J connectivity index is 3.24. The maximum absolute atomic E-state index is 13.4. The van der Waals surface area contributed by atoms with Crippen molar-refractivity contribution >= 4 is 21.7 Å². The van der Waals surface area contributed by atoms with Crippen molar-refractivity contribution in [2.45, 2.75) is 19.4 Å². The minimum absolute atomic E-state index is 0.00412. The minimum Gasteiger partial charge on any atom is -0.385 e. The van der Waals surface area contributed by atoms with Gasteiger partial charge in [0.25, 0.3) is 0 Å². The van der Waals surface area contributed by atoms with Crippen molar-refractivity contribution in [1.29, 1.82) is 0 Å². The molecule has 0 aliphatic carbocycles. The summed E-state index contributed by atoms with van der Waals surface area (Å²) >= 11 is 2.84. The zero-order valence-electron chi connectivity index (χ0n) is 7.93. The number of ketones is 1. The smallest absolute Gasteiger partial charge is 0.197 e. The van der Waals surface area contributed by atoms with Crippen LogP contribution >= 0.6 is 15.9 Å². The topological polar surface area (TPSA) is 37.3 Å². The van der Waals surface area contributed by atoms with Gasteiger partial charge < -0.3 is 5.11 Å². The number of carbonyl (C=O) groups excluding carboxylic acids is 1. The second-order valence-corrected chi connectivity index (χ2v) is 3.86. The second kappa shape index (κ2) is 4.81. The molecule has 0 radical (unpaired) electrons. The standard InChI is InChI=1S/C10H9BrF2O2/c1-2-7(14)10(15)8-6(12)4-3-5(11)9(8)13/h3-4,7,14H,2H2,1H3. The van der Waals surface area contributed by atoms with Crippen molar-refractivity contribution in [3.63, 3.8) is 0 Å². The monoisotopic (exact) mass is 278 g/mol. The Bertz CT molecular complexity index is 393. The molecular weight excluding hydrogens is 270 g/mol. The van der Waals surface area contributed by atoms with E-state index < -0.39 is 29.1 Å². The lowest BCUT2D eigenvalue weighted by Crippen LogP contribution is -2.22. The summed E-state index contributed by atoms with van der Waals surface area (Å²) in [5.41, 5.74) is -0.696. The summed E-state index contributed by atoms with van der Waals surface area (Å²) in [5.74, 6) is -2.88. The van der Waals surface area contributed by atoms with Crippen LogP contribution in [0.2, 0.25) is 0 Å². The summed E-state index contributed by atoms with van der Waals surface area (Å²) in [5, 5.41) is 9.22. The third kappa shape index (κ3) is 2.41. The van der Waals surface area contributed by atoms with E-state index in [0.717, 1.165) is 6.07 Å². The zero-order valence-corrected chi connectivity index (χ0v) is 9.51. The first-order valence-corrected chi connectivity index (χ1v) is 5.14. The van der Waals surface area contributed by atoms with E-state index in [1.807, 2.05) is 0 Å². The van der Waals surface area contributed by atoms with E-state index in [1.54, 1.807) is 6.92 Å². The van der Waals surface area contributed by atoms with Crippen LogP contribution < -0.4 is 0 Å². The molecule has 0 fully saturated rings. The van der Waals surface area contributed by atoms with Crippen LogP contribution in [-0.4, -0.2) is 17.0 Å². The second-order valence-electron chi connectivity index (χ2n) is 3.01. The van der Waals surface area contributed by atoms with Gasteiger partial charge in [-0.1, -0.05) is 6.92 Å². The van der Waals surface area contributed by atoms with Crippen LogP contribution in [0.15, 0.2) is 16.6 Å². The number of Topliss-reactive ketones (excluding diaryl/α,β-unsaturated/α-hetero) is 1. The number of halogens is 3. The molecule has 1 unspecified atom stereocenters. The Labute approximate surface area is 94.0 Å². The van der Waals surface area contributed by atoms with E-state index in [0.29, 0.717) is 0 Å². The molecule has 0 saturated carbocycles. The lowest BCUT2D eigenvalue weighted by Gasteiger charge is -2.09. The first kappa shape index (κ1) is 12.3. The van der Waals surface area contributed by atoms with Crippen LogP contribution in [0.3, 0.4) is 0 Å². The number of carbonyl (C=O) groups is 1. The van der Waals surface area contributed by atoms with Gasteiger partial charge in [-0.3, -0.25) is 4.79 Å². The van der Waals surface area contributed by atoms with Crippen LogP contribution in [-0.2, 0) is 0 Å². The average Bonchev–Trinajstić information content (AvgIpc) is 2.22. The van der Waals surface area contributed by atoms with Gasteiger partial charge >= 0.3 is 0 Å².